The first-order valence-corrected chi connectivity index (χ1v) is 9.33. The molecule has 0 spiro atoms. The molecule has 0 aliphatic rings. The molecule has 0 saturated heterocycles. The summed E-state index contributed by atoms with van der Waals surface area (Å²) in [6.07, 6.45) is -1.06. The largest absolute Gasteiger partial charge is 0.449 e. The maximum absolute atomic E-state index is 12.5. The summed E-state index contributed by atoms with van der Waals surface area (Å²) in [6, 6.07) is 6.53. The van der Waals surface area contributed by atoms with Crippen molar-refractivity contribution in [2.75, 3.05) is 5.32 Å². The highest BCUT2D eigenvalue weighted by Gasteiger charge is 2.26. The molecule has 2 rings (SSSR count). The van der Waals surface area contributed by atoms with E-state index < -0.39 is 18.0 Å². The van der Waals surface area contributed by atoms with Crippen LogP contribution in [0.2, 0.25) is 5.15 Å². The molecule has 1 heterocycles. The highest BCUT2D eigenvalue weighted by Crippen LogP contribution is 2.22. The molecule has 150 valence electrons. The van der Waals surface area contributed by atoms with Crippen molar-refractivity contribution in [1.29, 1.82) is 0 Å². The minimum atomic E-state index is -1.06. The second-order valence-electron chi connectivity index (χ2n) is 7.00. The van der Waals surface area contributed by atoms with E-state index in [0.717, 1.165) is 0 Å². The monoisotopic (exact) mass is 405 g/mol. The van der Waals surface area contributed by atoms with Crippen molar-refractivity contribution < 1.29 is 19.1 Å². The molecule has 0 aliphatic carbocycles. The topological polar surface area (TPSA) is 90.3 Å². The minimum Gasteiger partial charge on any atom is -0.449 e. The van der Waals surface area contributed by atoms with Gasteiger partial charge in [0.15, 0.2) is 11.9 Å². The number of esters is 1. The molecule has 8 heteroatoms. The van der Waals surface area contributed by atoms with Crippen LogP contribution in [0.5, 0.6) is 0 Å². The predicted molar refractivity (Wildman–Crippen MR) is 107 cm³/mol. The lowest BCUT2D eigenvalue weighted by Crippen LogP contribution is -2.30. The number of amides is 1. The number of benzene rings is 1. The summed E-state index contributed by atoms with van der Waals surface area (Å²) in [5.74, 6) is -1.04. The quantitative estimate of drug-likeness (QED) is 0.557. The fraction of sp³-hybridized carbons (Fsp3) is 0.400. The van der Waals surface area contributed by atoms with Crippen LogP contribution in [0.1, 0.15) is 54.1 Å². The maximum Gasteiger partial charge on any atom is 0.343 e. The van der Waals surface area contributed by atoms with Gasteiger partial charge >= 0.3 is 5.97 Å². The van der Waals surface area contributed by atoms with E-state index >= 15 is 0 Å². The SMILES string of the molecule is CC(=O)c1cccc(NC(=O)[C@H](C)OC(=O)c2c(C)nn(CC(C)C)c2Cl)c1. The van der Waals surface area contributed by atoms with Gasteiger partial charge in [-0.05, 0) is 38.8 Å². The van der Waals surface area contributed by atoms with Gasteiger partial charge in [-0.25, -0.2) is 4.79 Å². The number of nitrogens with one attached hydrogen (secondary N) is 1. The van der Waals surface area contributed by atoms with E-state index in [4.69, 9.17) is 16.3 Å². The Labute approximate surface area is 169 Å². The van der Waals surface area contributed by atoms with E-state index in [2.05, 4.69) is 10.4 Å². The Balaban J connectivity index is 2.08. The van der Waals surface area contributed by atoms with Gasteiger partial charge in [0.1, 0.15) is 10.7 Å². The van der Waals surface area contributed by atoms with Crippen molar-refractivity contribution in [2.45, 2.75) is 47.3 Å². The number of aryl methyl sites for hydroxylation is 1. The smallest absolute Gasteiger partial charge is 0.343 e. The van der Waals surface area contributed by atoms with Crippen LogP contribution in [0.25, 0.3) is 0 Å². The number of Topliss-reactive ketones (excluding diaryl/α,β-unsaturated/α-hetero) is 1. The predicted octanol–water partition coefficient (Wildman–Crippen LogP) is 3.89. The van der Waals surface area contributed by atoms with Gasteiger partial charge in [-0.1, -0.05) is 37.6 Å². The Kier molecular flexibility index (Phi) is 6.96. The molecule has 1 aromatic carbocycles. The molecular formula is C20H24ClN3O4. The van der Waals surface area contributed by atoms with Crippen LogP contribution >= 0.6 is 11.6 Å². The summed E-state index contributed by atoms with van der Waals surface area (Å²) in [7, 11) is 0. The molecule has 7 nitrogen and oxygen atoms in total. The first-order chi connectivity index (χ1) is 13.1. The van der Waals surface area contributed by atoms with Crippen LogP contribution in [0.4, 0.5) is 5.69 Å². The van der Waals surface area contributed by atoms with Gasteiger partial charge in [-0.2, -0.15) is 5.10 Å². The van der Waals surface area contributed by atoms with Gasteiger partial charge in [-0.3, -0.25) is 14.3 Å². The molecular weight excluding hydrogens is 382 g/mol. The van der Waals surface area contributed by atoms with Gasteiger partial charge in [0.2, 0.25) is 0 Å². The van der Waals surface area contributed by atoms with Crippen molar-refractivity contribution >= 4 is 34.9 Å². The zero-order chi connectivity index (χ0) is 21.0. The summed E-state index contributed by atoms with van der Waals surface area (Å²) >= 11 is 6.28. The van der Waals surface area contributed by atoms with Crippen LogP contribution in [0.3, 0.4) is 0 Å². The molecule has 1 amide bonds. The van der Waals surface area contributed by atoms with Crippen LogP contribution in [-0.2, 0) is 16.1 Å². The van der Waals surface area contributed by atoms with Gasteiger partial charge in [0.05, 0.1) is 5.69 Å². The van der Waals surface area contributed by atoms with Crippen LogP contribution in [-0.4, -0.2) is 33.5 Å². The van der Waals surface area contributed by atoms with Gasteiger partial charge in [0.25, 0.3) is 5.91 Å². The third kappa shape index (κ3) is 5.19. The number of hydrogen-bond donors (Lipinski definition) is 1. The molecule has 1 aromatic heterocycles. The third-order valence-electron chi connectivity index (χ3n) is 4.00. The van der Waals surface area contributed by atoms with Gasteiger partial charge < -0.3 is 10.1 Å². The van der Waals surface area contributed by atoms with Gasteiger partial charge in [-0.15, -0.1) is 0 Å². The summed E-state index contributed by atoms with van der Waals surface area (Å²) in [5, 5.41) is 7.09. The highest BCUT2D eigenvalue weighted by atomic mass is 35.5. The Morgan fingerprint density at radius 2 is 1.93 bits per heavy atom. The number of carbonyl (C=O) groups is 3. The molecule has 28 heavy (non-hydrogen) atoms. The number of carbonyl (C=O) groups excluding carboxylic acids is 3. The maximum atomic E-state index is 12.5. The zero-order valence-corrected chi connectivity index (χ0v) is 17.3. The number of rotatable bonds is 7. The van der Waals surface area contributed by atoms with Crippen LogP contribution < -0.4 is 5.32 Å². The average Bonchev–Trinajstić information content (AvgIpc) is 2.87. The average molecular weight is 406 g/mol. The van der Waals surface area contributed by atoms with Crippen molar-refractivity contribution in [1.82, 2.24) is 9.78 Å². The standard InChI is InChI=1S/C20H24ClN3O4/c1-11(2)10-24-18(21)17(12(3)23-24)20(27)28-14(5)19(26)22-16-8-6-7-15(9-16)13(4)25/h6-9,11,14H,10H2,1-5H3,(H,22,26)/t14-/m0/s1. The molecule has 2 aromatic rings. The second-order valence-corrected chi connectivity index (χ2v) is 7.36. The molecule has 0 bridgehead atoms. The van der Waals surface area contributed by atoms with Crippen molar-refractivity contribution in [3.63, 3.8) is 0 Å². The number of halogens is 1. The van der Waals surface area contributed by atoms with E-state index in [1.807, 2.05) is 13.8 Å². The number of aromatic nitrogens is 2. The number of ketones is 1. The van der Waals surface area contributed by atoms with E-state index in [-0.39, 0.29) is 16.5 Å². The number of anilines is 1. The third-order valence-corrected chi connectivity index (χ3v) is 4.38. The normalized spacial score (nSPS) is 12.0. The van der Waals surface area contributed by atoms with E-state index in [1.54, 1.807) is 35.9 Å². The van der Waals surface area contributed by atoms with Crippen molar-refractivity contribution in [3.8, 4) is 0 Å². The summed E-state index contributed by atoms with van der Waals surface area (Å²) < 4.78 is 6.82. The highest BCUT2D eigenvalue weighted by molar-refractivity contribution is 6.32. The number of nitrogens with zero attached hydrogens (tertiary/aromatic N) is 2. The minimum absolute atomic E-state index is 0.112. The number of ether oxygens (including phenoxy) is 1. The Morgan fingerprint density at radius 1 is 1.25 bits per heavy atom. The first kappa shape index (κ1) is 21.6. The molecule has 0 unspecified atom stereocenters. The van der Waals surface area contributed by atoms with Crippen molar-refractivity contribution in [3.05, 3.63) is 46.2 Å². The molecule has 1 N–H and O–H groups in total. The van der Waals surface area contributed by atoms with Gasteiger partial charge in [0, 0.05) is 17.8 Å². The van der Waals surface area contributed by atoms with Crippen molar-refractivity contribution in [2.24, 2.45) is 5.92 Å². The van der Waals surface area contributed by atoms with Crippen LogP contribution in [0, 0.1) is 12.8 Å². The number of hydrogen-bond acceptors (Lipinski definition) is 5. The first-order valence-electron chi connectivity index (χ1n) is 8.95. The van der Waals surface area contributed by atoms with Crippen LogP contribution in [0.15, 0.2) is 24.3 Å². The van der Waals surface area contributed by atoms with E-state index in [0.29, 0.717) is 29.4 Å². The lowest BCUT2D eigenvalue weighted by atomic mass is 10.1. The zero-order valence-electron chi connectivity index (χ0n) is 16.6. The summed E-state index contributed by atoms with van der Waals surface area (Å²) in [6.45, 7) is 9.16. The van der Waals surface area contributed by atoms with E-state index in [1.165, 1.54) is 13.8 Å². The molecule has 1 atom stereocenters. The lowest BCUT2D eigenvalue weighted by Gasteiger charge is -2.14. The van der Waals surface area contributed by atoms with E-state index in [9.17, 15) is 14.4 Å². The summed E-state index contributed by atoms with van der Waals surface area (Å²) in [5.41, 5.74) is 1.51. The summed E-state index contributed by atoms with van der Waals surface area (Å²) in [4.78, 5) is 36.3. The Bertz CT molecular complexity index is 905. The fourth-order valence-corrected chi connectivity index (χ4v) is 2.91. The lowest BCUT2D eigenvalue weighted by molar-refractivity contribution is -0.123. The molecule has 0 fully saturated rings. The Hall–Kier alpha value is -2.67. The Morgan fingerprint density at radius 3 is 2.54 bits per heavy atom. The molecule has 0 saturated carbocycles. The second kappa shape index (κ2) is 9.01. The fourth-order valence-electron chi connectivity index (χ4n) is 2.58. The molecule has 0 aliphatic heterocycles. The molecule has 0 radical (unpaired) electrons.